The molecule has 1 aromatic heterocycles. The molecule has 0 bridgehead atoms. The van der Waals surface area contributed by atoms with Crippen molar-refractivity contribution in [3.63, 3.8) is 0 Å². The first-order chi connectivity index (χ1) is 13.8. The minimum atomic E-state index is 0.00948. The molecular weight excluding hydrogens is 350 g/mol. The fourth-order valence-corrected chi connectivity index (χ4v) is 4.89. The molecule has 3 fully saturated rings. The summed E-state index contributed by atoms with van der Waals surface area (Å²) in [5, 5.41) is 3.04. The van der Waals surface area contributed by atoms with Gasteiger partial charge in [0.2, 0.25) is 0 Å². The molecular formula is C22H35N5O. The third kappa shape index (κ3) is 5.16. The topological polar surface area (TPSA) is 51.7 Å². The van der Waals surface area contributed by atoms with Crippen LogP contribution in [0.5, 0.6) is 0 Å². The van der Waals surface area contributed by atoms with Crippen LogP contribution in [0.4, 0.5) is 16.3 Å². The van der Waals surface area contributed by atoms with Crippen molar-refractivity contribution in [1.82, 2.24) is 14.8 Å². The van der Waals surface area contributed by atoms with Crippen molar-refractivity contribution in [3.8, 4) is 0 Å². The van der Waals surface area contributed by atoms with Gasteiger partial charge in [-0.15, -0.1) is 0 Å². The zero-order chi connectivity index (χ0) is 19.2. The van der Waals surface area contributed by atoms with Crippen molar-refractivity contribution >= 4 is 17.5 Å². The molecule has 1 aliphatic carbocycles. The van der Waals surface area contributed by atoms with Gasteiger partial charge in [-0.05, 0) is 56.7 Å². The predicted octanol–water partition coefficient (Wildman–Crippen LogP) is 3.80. The van der Waals surface area contributed by atoms with Crippen LogP contribution < -0.4 is 10.2 Å². The number of anilines is 2. The van der Waals surface area contributed by atoms with Crippen LogP contribution in [0, 0.1) is 5.92 Å². The number of hydrogen-bond acceptors (Lipinski definition) is 4. The van der Waals surface area contributed by atoms with Crippen LogP contribution in [0.15, 0.2) is 18.3 Å². The lowest BCUT2D eigenvalue weighted by Gasteiger charge is -2.28. The molecule has 2 amide bonds. The van der Waals surface area contributed by atoms with Gasteiger partial charge in [-0.3, -0.25) is 0 Å². The Hall–Kier alpha value is -1.82. The maximum absolute atomic E-state index is 12.7. The van der Waals surface area contributed by atoms with E-state index in [1.54, 1.807) is 6.20 Å². The molecule has 0 radical (unpaired) electrons. The first kappa shape index (κ1) is 19.5. The van der Waals surface area contributed by atoms with E-state index in [1.165, 1.54) is 51.5 Å². The van der Waals surface area contributed by atoms with Gasteiger partial charge in [0.15, 0.2) is 0 Å². The van der Waals surface area contributed by atoms with E-state index in [0.29, 0.717) is 0 Å². The summed E-state index contributed by atoms with van der Waals surface area (Å²) in [4.78, 5) is 24.1. The molecule has 0 spiro atoms. The summed E-state index contributed by atoms with van der Waals surface area (Å²) >= 11 is 0. The lowest BCUT2D eigenvalue weighted by atomic mass is 9.89. The van der Waals surface area contributed by atoms with Crippen molar-refractivity contribution in [1.29, 1.82) is 0 Å². The zero-order valence-corrected chi connectivity index (χ0v) is 17.1. The number of nitrogens with zero attached hydrogens (tertiary/aromatic N) is 4. The van der Waals surface area contributed by atoms with Gasteiger partial charge in [0, 0.05) is 39.3 Å². The first-order valence-corrected chi connectivity index (χ1v) is 11.3. The van der Waals surface area contributed by atoms with Crippen molar-refractivity contribution in [2.24, 2.45) is 5.92 Å². The highest BCUT2D eigenvalue weighted by molar-refractivity contribution is 5.89. The van der Waals surface area contributed by atoms with Gasteiger partial charge in [0.05, 0.1) is 11.9 Å². The summed E-state index contributed by atoms with van der Waals surface area (Å²) < 4.78 is 0. The van der Waals surface area contributed by atoms with Crippen LogP contribution in [0.1, 0.15) is 51.4 Å². The molecule has 6 heteroatoms. The van der Waals surface area contributed by atoms with Gasteiger partial charge in [0.1, 0.15) is 5.82 Å². The summed E-state index contributed by atoms with van der Waals surface area (Å²) in [6, 6.07) is 4.01. The number of nitrogens with one attached hydrogen (secondary N) is 1. The Balaban J connectivity index is 1.25. The van der Waals surface area contributed by atoms with E-state index in [2.05, 4.69) is 20.1 Å². The molecule has 6 nitrogen and oxygen atoms in total. The number of urea groups is 1. The molecule has 4 rings (SSSR count). The van der Waals surface area contributed by atoms with E-state index < -0.39 is 0 Å². The maximum Gasteiger partial charge on any atom is 0.321 e. The van der Waals surface area contributed by atoms with Crippen LogP contribution in [-0.2, 0) is 0 Å². The molecule has 2 aliphatic heterocycles. The highest BCUT2D eigenvalue weighted by Crippen LogP contribution is 2.25. The van der Waals surface area contributed by atoms with Crippen molar-refractivity contribution < 1.29 is 4.79 Å². The number of aromatic nitrogens is 1. The molecule has 3 aliphatic rings. The molecule has 3 heterocycles. The third-order valence-electron chi connectivity index (χ3n) is 6.55. The molecule has 2 saturated heterocycles. The van der Waals surface area contributed by atoms with Gasteiger partial charge in [0.25, 0.3) is 0 Å². The van der Waals surface area contributed by atoms with Gasteiger partial charge < -0.3 is 20.0 Å². The molecule has 154 valence electrons. The van der Waals surface area contributed by atoms with E-state index in [1.807, 2.05) is 17.0 Å². The lowest BCUT2D eigenvalue weighted by molar-refractivity contribution is 0.197. The van der Waals surface area contributed by atoms with E-state index in [0.717, 1.165) is 63.1 Å². The minimum Gasteiger partial charge on any atom is -0.357 e. The van der Waals surface area contributed by atoms with Crippen LogP contribution in [-0.4, -0.2) is 66.6 Å². The molecule has 0 unspecified atom stereocenters. The van der Waals surface area contributed by atoms with E-state index in [-0.39, 0.29) is 6.03 Å². The smallest absolute Gasteiger partial charge is 0.321 e. The SMILES string of the molecule is O=C(Nc1ccc(N2CCCC2)nc1)N1CCCN(CC2CCCCC2)CC1. The van der Waals surface area contributed by atoms with E-state index >= 15 is 0 Å². The number of carbonyl (C=O) groups is 1. The molecule has 1 N–H and O–H groups in total. The Labute approximate surface area is 169 Å². The Morgan fingerprint density at radius 2 is 1.75 bits per heavy atom. The highest BCUT2D eigenvalue weighted by Gasteiger charge is 2.22. The van der Waals surface area contributed by atoms with Crippen LogP contribution in [0.3, 0.4) is 0 Å². The summed E-state index contributed by atoms with van der Waals surface area (Å²) in [6.45, 7) is 7.16. The van der Waals surface area contributed by atoms with Gasteiger partial charge in [-0.2, -0.15) is 0 Å². The van der Waals surface area contributed by atoms with Crippen molar-refractivity contribution in [2.75, 3.05) is 56.0 Å². The van der Waals surface area contributed by atoms with Gasteiger partial charge in [-0.1, -0.05) is 19.3 Å². The van der Waals surface area contributed by atoms with Gasteiger partial charge >= 0.3 is 6.03 Å². The standard InChI is InChI=1S/C22H35N5O/c28-22(24-20-9-10-21(23-17-20)26-12-4-5-13-26)27-14-6-11-25(15-16-27)18-19-7-2-1-3-8-19/h9-10,17,19H,1-8,11-16,18H2,(H,24,28). The predicted molar refractivity (Wildman–Crippen MR) is 114 cm³/mol. The number of rotatable bonds is 4. The van der Waals surface area contributed by atoms with Crippen molar-refractivity contribution in [2.45, 2.75) is 51.4 Å². The summed E-state index contributed by atoms with van der Waals surface area (Å²) in [6.07, 6.45) is 12.3. The summed E-state index contributed by atoms with van der Waals surface area (Å²) in [5.41, 5.74) is 0.788. The number of carbonyl (C=O) groups excluding carboxylic acids is 1. The van der Waals surface area contributed by atoms with E-state index in [4.69, 9.17) is 0 Å². The molecule has 1 saturated carbocycles. The normalized spacial score (nSPS) is 22.3. The van der Waals surface area contributed by atoms with Crippen LogP contribution >= 0.6 is 0 Å². The first-order valence-electron chi connectivity index (χ1n) is 11.3. The second-order valence-electron chi connectivity index (χ2n) is 8.67. The molecule has 1 aromatic rings. The Morgan fingerprint density at radius 3 is 2.50 bits per heavy atom. The van der Waals surface area contributed by atoms with E-state index in [9.17, 15) is 4.79 Å². The Bertz CT molecular complexity index is 622. The van der Waals surface area contributed by atoms with Crippen LogP contribution in [0.25, 0.3) is 0 Å². The fourth-order valence-electron chi connectivity index (χ4n) is 4.89. The second-order valence-corrected chi connectivity index (χ2v) is 8.67. The summed E-state index contributed by atoms with van der Waals surface area (Å²) in [7, 11) is 0. The monoisotopic (exact) mass is 385 g/mol. The average molecular weight is 386 g/mol. The van der Waals surface area contributed by atoms with Crippen LogP contribution in [0.2, 0.25) is 0 Å². The Kier molecular flexibility index (Phi) is 6.68. The summed E-state index contributed by atoms with van der Waals surface area (Å²) in [5.74, 6) is 1.89. The lowest BCUT2D eigenvalue weighted by Crippen LogP contribution is -2.39. The number of pyridine rings is 1. The third-order valence-corrected chi connectivity index (χ3v) is 6.55. The van der Waals surface area contributed by atoms with Crippen molar-refractivity contribution in [3.05, 3.63) is 18.3 Å². The Morgan fingerprint density at radius 1 is 0.929 bits per heavy atom. The fraction of sp³-hybridized carbons (Fsp3) is 0.727. The minimum absolute atomic E-state index is 0.00948. The average Bonchev–Trinajstić information content (AvgIpc) is 3.16. The largest absolute Gasteiger partial charge is 0.357 e. The van der Waals surface area contributed by atoms with Gasteiger partial charge in [-0.25, -0.2) is 9.78 Å². The number of amides is 2. The molecule has 0 atom stereocenters. The molecule has 0 aromatic carbocycles. The quantitative estimate of drug-likeness (QED) is 0.856. The highest BCUT2D eigenvalue weighted by atomic mass is 16.2. The zero-order valence-electron chi connectivity index (χ0n) is 17.1. The second kappa shape index (κ2) is 9.59. The molecule has 28 heavy (non-hydrogen) atoms. The number of hydrogen-bond donors (Lipinski definition) is 1. The maximum atomic E-state index is 12.7.